The Bertz CT molecular complexity index is 200. The van der Waals surface area contributed by atoms with Gasteiger partial charge in [-0.05, 0) is 41.4 Å². The van der Waals surface area contributed by atoms with E-state index in [4.69, 9.17) is 0 Å². The molecule has 0 heterocycles. The molecule has 0 heteroatoms. The minimum atomic E-state index is 0.509. The maximum absolute atomic E-state index is 2.50. The molecule has 0 aromatic rings. The zero-order valence-electron chi connectivity index (χ0n) is 11.1. The second kappa shape index (κ2) is 3.54. The Morgan fingerprint density at radius 1 is 1.00 bits per heavy atom. The van der Waals surface area contributed by atoms with Crippen molar-refractivity contribution in [3.05, 3.63) is 0 Å². The van der Waals surface area contributed by atoms with Gasteiger partial charge < -0.3 is 0 Å². The number of hydrogen-bond donors (Lipinski definition) is 0. The predicted molar refractivity (Wildman–Crippen MR) is 64.3 cm³/mol. The molecule has 0 aliphatic heterocycles. The summed E-state index contributed by atoms with van der Waals surface area (Å²) in [7, 11) is 0. The third kappa shape index (κ3) is 1.51. The lowest BCUT2D eigenvalue weighted by Crippen LogP contribution is -2.39. The van der Waals surface area contributed by atoms with Crippen LogP contribution in [0, 0.1) is 28.6 Å². The van der Waals surface area contributed by atoms with E-state index < -0.39 is 0 Å². The summed E-state index contributed by atoms with van der Waals surface area (Å²) < 4.78 is 0. The largest absolute Gasteiger partial charge is 0.0625 e. The third-order valence-electron chi connectivity index (χ3n) is 5.45. The highest BCUT2D eigenvalue weighted by atomic mass is 14.6. The van der Waals surface area contributed by atoms with Crippen molar-refractivity contribution in [3.8, 4) is 0 Å². The van der Waals surface area contributed by atoms with Crippen molar-refractivity contribution in [2.24, 2.45) is 28.6 Å². The van der Waals surface area contributed by atoms with E-state index in [-0.39, 0.29) is 0 Å². The average Bonchev–Trinajstić information content (AvgIpc) is 2.24. The molecule has 1 unspecified atom stereocenters. The summed E-state index contributed by atoms with van der Waals surface area (Å²) in [6.07, 6.45) is 2.85. The molecule has 1 fully saturated rings. The Hall–Kier alpha value is 0. The van der Waals surface area contributed by atoms with E-state index in [9.17, 15) is 0 Å². The normalized spacial score (nSPS) is 37.1. The third-order valence-corrected chi connectivity index (χ3v) is 5.45. The van der Waals surface area contributed by atoms with Crippen LogP contribution in [0.4, 0.5) is 0 Å². The van der Waals surface area contributed by atoms with Crippen LogP contribution in [0.15, 0.2) is 0 Å². The van der Waals surface area contributed by atoms with Gasteiger partial charge in [-0.3, -0.25) is 0 Å². The first-order valence-corrected chi connectivity index (χ1v) is 6.23. The lowest BCUT2D eigenvalue weighted by Gasteiger charge is -2.46. The van der Waals surface area contributed by atoms with Gasteiger partial charge in [0, 0.05) is 0 Å². The highest BCUT2D eigenvalue weighted by molar-refractivity contribution is 5.02. The van der Waals surface area contributed by atoms with Gasteiger partial charge in [-0.2, -0.15) is 0 Å². The fraction of sp³-hybridized carbons (Fsp3) is 1.00. The van der Waals surface area contributed by atoms with Gasteiger partial charge in [-0.25, -0.2) is 0 Å². The van der Waals surface area contributed by atoms with Gasteiger partial charge in [0.15, 0.2) is 0 Å². The smallest absolute Gasteiger partial charge is 0.0249 e. The van der Waals surface area contributed by atoms with Gasteiger partial charge in [0.1, 0.15) is 0 Å². The quantitative estimate of drug-likeness (QED) is 0.598. The lowest BCUT2D eigenvalue weighted by molar-refractivity contribution is 0.0264. The van der Waals surface area contributed by atoms with E-state index in [1.165, 1.54) is 12.8 Å². The first-order valence-electron chi connectivity index (χ1n) is 6.23. The molecule has 0 nitrogen and oxygen atoms in total. The summed E-state index contributed by atoms with van der Waals surface area (Å²) in [5, 5.41) is 0. The van der Waals surface area contributed by atoms with Crippen molar-refractivity contribution in [1.82, 2.24) is 0 Å². The molecule has 0 bridgehead atoms. The molecule has 0 amide bonds. The van der Waals surface area contributed by atoms with Crippen molar-refractivity contribution in [2.75, 3.05) is 0 Å². The van der Waals surface area contributed by atoms with Crippen molar-refractivity contribution in [1.29, 1.82) is 0 Å². The Kier molecular flexibility index (Phi) is 3.05. The molecule has 0 N–H and O–H groups in total. The maximum Gasteiger partial charge on any atom is -0.0249 e. The van der Waals surface area contributed by atoms with E-state index in [0.717, 1.165) is 17.8 Å². The van der Waals surface area contributed by atoms with Crippen LogP contribution in [0.1, 0.15) is 61.3 Å². The van der Waals surface area contributed by atoms with Gasteiger partial charge >= 0.3 is 0 Å². The SMILES string of the molecule is CC(C)[C@@H]1CCC(C)(C(C)C)C1(C)C. The fourth-order valence-electron chi connectivity index (χ4n) is 3.76. The minimum Gasteiger partial charge on any atom is -0.0625 e. The van der Waals surface area contributed by atoms with Gasteiger partial charge in [0.2, 0.25) is 0 Å². The molecular weight excluding hydrogens is 168 g/mol. The van der Waals surface area contributed by atoms with Gasteiger partial charge in [0.25, 0.3) is 0 Å². The molecule has 0 aromatic carbocycles. The Morgan fingerprint density at radius 2 is 1.50 bits per heavy atom. The Labute approximate surface area is 90.5 Å². The highest BCUT2D eigenvalue weighted by Crippen LogP contribution is 2.61. The lowest BCUT2D eigenvalue weighted by atomic mass is 9.59. The fourth-order valence-corrected chi connectivity index (χ4v) is 3.76. The van der Waals surface area contributed by atoms with Crippen molar-refractivity contribution >= 4 is 0 Å². The molecule has 0 saturated heterocycles. The zero-order valence-corrected chi connectivity index (χ0v) is 11.1. The summed E-state index contributed by atoms with van der Waals surface area (Å²) in [5.74, 6) is 2.56. The molecular formula is C14H28. The topological polar surface area (TPSA) is 0 Å². The Morgan fingerprint density at radius 3 is 1.71 bits per heavy atom. The predicted octanol–water partition coefficient (Wildman–Crippen LogP) is 4.74. The maximum atomic E-state index is 2.50. The van der Waals surface area contributed by atoms with Crippen LogP contribution in [0.5, 0.6) is 0 Å². The van der Waals surface area contributed by atoms with E-state index in [1.807, 2.05) is 0 Å². The molecule has 1 saturated carbocycles. The van der Waals surface area contributed by atoms with E-state index in [1.54, 1.807) is 0 Å². The van der Waals surface area contributed by atoms with Crippen LogP contribution in [0.2, 0.25) is 0 Å². The molecule has 14 heavy (non-hydrogen) atoms. The van der Waals surface area contributed by atoms with Crippen molar-refractivity contribution < 1.29 is 0 Å². The van der Waals surface area contributed by atoms with E-state index >= 15 is 0 Å². The number of hydrogen-bond acceptors (Lipinski definition) is 0. The van der Waals surface area contributed by atoms with Crippen LogP contribution in [-0.2, 0) is 0 Å². The molecule has 1 aliphatic carbocycles. The average molecular weight is 196 g/mol. The highest BCUT2D eigenvalue weighted by Gasteiger charge is 2.53. The second-order valence-corrected chi connectivity index (χ2v) is 6.68. The van der Waals surface area contributed by atoms with E-state index in [2.05, 4.69) is 48.5 Å². The standard InChI is InChI=1S/C14H28/c1-10(2)12-8-9-14(7,11(3)4)13(12,5)6/h10-12H,8-9H2,1-7H3/t12-,14?/m0/s1. The molecule has 0 spiro atoms. The van der Waals surface area contributed by atoms with Crippen LogP contribution in [0.25, 0.3) is 0 Å². The summed E-state index contributed by atoms with van der Waals surface area (Å²) in [6, 6.07) is 0. The first kappa shape index (κ1) is 12.1. The van der Waals surface area contributed by atoms with Gasteiger partial charge in [-0.15, -0.1) is 0 Å². The van der Waals surface area contributed by atoms with E-state index in [0.29, 0.717) is 10.8 Å². The molecule has 2 atom stereocenters. The summed E-state index contributed by atoms with van der Waals surface area (Å²) >= 11 is 0. The van der Waals surface area contributed by atoms with Crippen LogP contribution in [-0.4, -0.2) is 0 Å². The zero-order chi connectivity index (χ0) is 11.1. The van der Waals surface area contributed by atoms with Crippen LogP contribution < -0.4 is 0 Å². The summed E-state index contributed by atoms with van der Waals surface area (Å²) in [4.78, 5) is 0. The minimum absolute atomic E-state index is 0.509. The van der Waals surface area contributed by atoms with Crippen molar-refractivity contribution in [2.45, 2.75) is 61.3 Å². The van der Waals surface area contributed by atoms with Gasteiger partial charge in [-0.1, -0.05) is 48.5 Å². The first-order chi connectivity index (χ1) is 6.23. The molecule has 0 aromatic heterocycles. The summed E-state index contributed by atoms with van der Waals surface area (Å²) in [6.45, 7) is 17.0. The second-order valence-electron chi connectivity index (χ2n) is 6.68. The molecule has 84 valence electrons. The Balaban J connectivity index is 2.96. The van der Waals surface area contributed by atoms with Gasteiger partial charge in [0.05, 0.1) is 0 Å². The monoisotopic (exact) mass is 196 g/mol. The molecule has 0 radical (unpaired) electrons. The van der Waals surface area contributed by atoms with Crippen LogP contribution in [0.3, 0.4) is 0 Å². The molecule has 1 rings (SSSR count). The number of rotatable bonds is 2. The molecule has 1 aliphatic rings. The van der Waals surface area contributed by atoms with Crippen LogP contribution >= 0.6 is 0 Å². The van der Waals surface area contributed by atoms with Crippen molar-refractivity contribution in [3.63, 3.8) is 0 Å². The summed E-state index contributed by atoms with van der Waals surface area (Å²) in [5.41, 5.74) is 1.05.